The van der Waals surface area contributed by atoms with E-state index in [4.69, 9.17) is 12.2 Å². The molecule has 0 atom stereocenters. The van der Waals surface area contributed by atoms with Crippen molar-refractivity contribution >= 4 is 39.5 Å². The van der Waals surface area contributed by atoms with Gasteiger partial charge in [0.25, 0.3) is 0 Å². The van der Waals surface area contributed by atoms with E-state index >= 15 is 0 Å². The molecule has 2 heterocycles. The number of aromatic amines is 1. The molecule has 2 aromatic heterocycles. The lowest BCUT2D eigenvalue weighted by Crippen LogP contribution is -2.22. The van der Waals surface area contributed by atoms with E-state index in [0.29, 0.717) is 11.4 Å². The van der Waals surface area contributed by atoms with Crippen molar-refractivity contribution in [3.63, 3.8) is 0 Å². The van der Waals surface area contributed by atoms with Crippen molar-refractivity contribution in [3.8, 4) is 11.4 Å². The van der Waals surface area contributed by atoms with Crippen LogP contribution in [0.1, 0.15) is 5.56 Å². The Morgan fingerprint density at radius 2 is 2.18 bits per heavy atom. The van der Waals surface area contributed by atoms with Gasteiger partial charge >= 0.3 is 0 Å². The lowest BCUT2D eigenvalue weighted by molar-refractivity contribution is 0.245. The molecule has 0 aliphatic heterocycles. The van der Waals surface area contributed by atoms with Crippen LogP contribution < -0.4 is 0 Å². The number of hydrogen-bond donors (Lipinski definition) is 1. The van der Waals surface area contributed by atoms with Gasteiger partial charge < -0.3 is 0 Å². The van der Waals surface area contributed by atoms with Crippen LogP contribution in [0.25, 0.3) is 11.4 Å². The molecule has 1 aromatic carbocycles. The molecule has 0 amide bonds. The lowest BCUT2D eigenvalue weighted by Gasteiger charge is -2.15. The number of nitrogens with one attached hydrogen (secondary N) is 1. The van der Waals surface area contributed by atoms with Gasteiger partial charge in [0.2, 0.25) is 4.77 Å². The largest absolute Gasteiger partial charge is 0.283 e. The van der Waals surface area contributed by atoms with Gasteiger partial charge in [0.05, 0.1) is 6.67 Å². The van der Waals surface area contributed by atoms with E-state index in [9.17, 15) is 0 Å². The minimum absolute atomic E-state index is 0.558. The van der Waals surface area contributed by atoms with Gasteiger partial charge in [-0.2, -0.15) is 16.3 Å². The SMILES string of the molecule is CN(Cc1ccsc1)Cn1[nH]c(-c2ccccc2Br)nc1=S. The average molecular weight is 395 g/mol. The topological polar surface area (TPSA) is 36.9 Å². The minimum Gasteiger partial charge on any atom is -0.283 e. The van der Waals surface area contributed by atoms with Crippen molar-refractivity contribution in [2.75, 3.05) is 7.05 Å². The van der Waals surface area contributed by atoms with Crippen molar-refractivity contribution in [1.82, 2.24) is 19.7 Å². The molecule has 3 aromatic rings. The van der Waals surface area contributed by atoms with Gasteiger partial charge in [-0.25, -0.2) is 4.68 Å². The van der Waals surface area contributed by atoms with Crippen LogP contribution in [0.3, 0.4) is 0 Å². The van der Waals surface area contributed by atoms with Gasteiger partial charge in [-0.1, -0.05) is 34.1 Å². The van der Waals surface area contributed by atoms with E-state index in [-0.39, 0.29) is 0 Å². The summed E-state index contributed by atoms with van der Waals surface area (Å²) in [6, 6.07) is 10.1. The van der Waals surface area contributed by atoms with Gasteiger partial charge in [-0.15, -0.1) is 0 Å². The molecule has 0 bridgehead atoms. The fourth-order valence-electron chi connectivity index (χ4n) is 2.21. The van der Waals surface area contributed by atoms with Crippen LogP contribution in [0.15, 0.2) is 45.6 Å². The summed E-state index contributed by atoms with van der Waals surface area (Å²) in [6.45, 7) is 1.56. The summed E-state index contributed by atoms with van der Waals surface area (Å²) < 4.78 is 3.44. The molecule has 0 spiro atoms. The zero-order valence-corrected chi connectivity index (χ0v) is 15.2. The lowest BCUT2D eigenvalue weighted by atomic mass is 10.2. The summed E-state index contributed by atoms with van der Waals surface area (Å²) in [5, 5.41) is 7.54. The molecule has 0 aliphatic rings. The molecular weight excluding hydrogens is 380 g/mol. The Balaban J connectivity index is 1.78. The maximum absolute atomic E-state index is 5.36. The maximum atomic E-state index is 5.36. The van der Waals surface area contributed by atoms with Crippen molar-refractivity contribution in [1.29, 1.82) is 0 Å². The number of rotatable bonds is 5. The van der Waals surface area contributed by atoms with Gasteiger partial charge in [-0.3, -0.25) is 10.00 Å². The highest BCUT2D eigenvalue weighted by molar-refractivity contribution is 9.10. The van der Waals surface area contributed by atoms with Crippen LogP contribution in [0.5, 0.6) is 0 Å². The highest BCUT2D eigenvalue weighted by Gasteiger charge is 2.09. The van der Waals surface area contributed by atoms with Gasteiger partial charge in [0.15, 0.2) is 5.82 Å². The molecule has 0 aliphatic carbocycles. The summed E-state index contributed by atoms with van der Waals surface area (Å²) in [5.74, 6) is 0.779. The first-order valence-corrected chi connectivity index (χ1v) is 8.89. The third-order valence-electron chi connectivity index (χ3n) is 3.22. The fraction of sp³-hybridized carbons (Fsp3) is 0.200. The molecule has 4 nitrogen and oxygen atoms in total. The molecule has 0 saturated heterocycles. The summed E-state index contributed by atoms with van der Waals surface area (Å²) >= 11 is 10.6. The summed E-state index contributed by atoms with van der Waals surface area (Å²) in [4.78, 5) is 6.65. The number of nitrogens with zero attached hydrogens (tertiary/aromatic N) is 3. The Labute approximate surface area is 146 Å². The monoisotopic (exact) mass is 394 g/mol. The fourth-order valence-corrected chi connectivity index (χ4v) is 3.54. The highest BCUT2D eigenvalue weighted by Crippen LogP contribution is 2.24. The van der Waals surface area contributed by atoms with Crippen LogP contribution >= 0.6 is 39.5 Å². The van der Waals surface area contributed by atoms with Crippen LogP contribution in [0, 0.1) is 4.77 Å². The Hall–Kier alpha value is -1.28. The number of aromatic nitrogens is 3. The number of hydrogen-bond acceptors (Lipinski definition) is 4. The van der Waals surface area contributed by atoms with E-state index in [1.54, 1.807) is 11.3 Å². The maximum Gasteiger partial charge on any atom is 0.217 e. The molecule has 0 radical (unpaired) electrons. The second kappa shape index (κ2) is 6.87. The van der Waals surface area contributed by atoms with Crippen molar-refractivity contribution in [2.45, 2.75) is 13.2 Å². The molecule has 3 rings (SSSR count). The quantitative estimate of drug-likeness (QED) is 0.646. The first kappa shape index (κ1) is 15.6. The molecule has 0 fully saturated rings. The third kappa shape index (κ3) is 3.55. The highest BCUT2D eigenvalue weighted by atomic mass is 79.9. The van der Waals surface area contributed by atoms with Crippen LogP contribution in [-0.2, 0) is 13.2 Å². The summed E-state index contributed by atoms with van der Waals surface area (Å²) in [5.41, 5.74) is 2.32. The predicted octanol–water partition coefficient (Wildman–Crippen LogP) is 4.52. The Kier molecular flexibility index (Phi) is 4.87. The zero-order valence-electron chi connectivity index (χ0n) is 12.0. The molecule has 0 unspecified atom stereocenters. The van der Waals surface area contributed by atoms with Gasteiger partial charge in [-0.05, 0) is 47.7 Å². The van der Waals surface area contributed by atoms with E-state index in [1.165, 1.54) is 5.56 Å². The van der Waals surface area contributed by atoms with Crippen molar-refractivity contribution in [2.24, 2.45) is 0 Å². The van der Waals surface area contributed by atoms with Gasteiger partial charge in [0, 0.05) is 16.6 Å². The van der Waals surface area contributed by atoms with Crippen LogP contribution in [0.2, 0.25) is 0 Å². The molecular formula is C15H15BrN4S2. The predicted molar refractivity (Wildman–Crippen MR) is 96.3 cm³/mol. The normalized spacial score (nSPS) is 11.2. The average Bonchev–Trinajstić information content (AvgIpc) is 3.10. The number of H-pyrrole nitrogens is 1. The smallest absolute Gasteiger partial charge is 0.217 e. The van der Waals surface area contributed by atoms with E-state index in [1.807, 2.05) is 28.9 Å². The zero-order chi connectivity index (χ0) is 15.5. The first-order valence-electron chi connectivity index (χ1n) is 6.75. The number of thiophene rings is 1. The van der Waals surface area contributed by atoms with Crippen molar-refractivity contribution in [3.05, 3.63) is 55.9 Å². The van der Waals surface area contributed by atoms with Crippen LogP contribution in [0.4, 0.5) is 0 Å². The van der Waals surface area contributed by atoms with E-state index < -0.39 is 0 Å². The van der Waals surface area contributed by atoms with Crippen molar-refractivity contribution < 1.29 is 0 Å². The Bertz CT molecular complexity index is 807. The van der Waals surface area contributed by atoms with E-state index in [0.717, 1.165) is 22.4 Å². The molecule has 1 N–H and O–H groups in total. The van der Waals surface area contributed by atoms with Gasteiger partial charge in [0.1, 0.15) is 0 Å². The molecule has 114 valence electrons. The third-order valence-corrected chi connectivity index (χ3v) is 4.96. The first-order chi connectivity index (χ1) is 10.6. The summed E-state index contributed by atoms with van der Waals surface area (Å²) in [7, 11) is 2.07. The second-order valence-corrected chi connectivity index (χ2v) is 7.05. The van der Waals surface area contributed by atoms with Crippen LogP contribution in [-0.4, -0.2) is 26.7 Å². The summed E-state index contributed by atoms with van der Waals surface area (Å²) in [6.07, 6.45) is 0. The molecule has 7 heteroatoms. The molecule has 0 saturated carbocycles. The number of benzene rings is 1. The van der Waals surface area contributed by atoms with E-state index in [2.05, 4.69) is 54.8 Å². The minimum atomic E-state index is 0.558. The Morgan fingerprint density at radius 1 is 1.36 bits per heavy atom. The Morgan fingerprint density at radius 3 is 2.91 bits per heavy atom. The molecule has 22 heavy (non-hydrogen) atoms. The standard InChI is InChI=1S/C15H15BrN4S2/c1-19(8-11-6-7-22-9-11)10-20-15(21)17-14(18-20)12-4-2-3-5-13(12)16/h2-7,9H,8,10H2,1H3,(H,17,18,21). The second-order valence-electron chi connectivity index (χ2n) is 5.05. The number of halogens is 1.